The van der Waals surface area contributed by atoms with Crippen molar-refractivity contribution in [1.82, 2.24) is 10.3 Å². The molecule has 0 aliphatic heterocycles. The lowest BCUT2D eigenvalue weighted by atomic mass is 9.80. The lowest BCUT2D eigenvalue weighted by Crippen LogP contribution is -2.27. The van der Waals surface area contributed by atoms with Gasteiger partial charge < -0.3 is 5.32 Å². The van der Waals surface area contributed by atoms with Crippen molar-refractivity contribution >= 4 is 0 Å². The van der Waals surface area contributed by atoms with Crippen molar-refractivity contribution in [3.8, 4) is 0 Å². The van der Waals surface area contributed by atoms with Gasteiger partial charge in [-0.1, -0.05) is 32.3 Å². The lowest BCUT2D eigenvalue weighted by Gasteiger charge is -2.30. The summed E-state index contributed by atoms with van der Waals surface area (Å²) in [5.41, 5.74) is 2.35. The monoisotopic (exact) mass is 232 g/mol. The fourth-order valence-electron chi connectivity index (χ4n) is 2.45. The molecule has 0 radical (unpaired) electrons. The van der Waals surface area contributed by atoms with E-state index in [9.17, 15) is 0 Å². The van der Waals surface area contributed by atoms with Crippen molar-refractivity contribution in [2.45, 2.75) is 52.0 Å². The molecule has 0 bridgehead atoms. The molecular formula is C15H24N2. The second kappa shape index (κ2) is 6.15. The molecule has 0 aromatic carbocycles. The van der Waals surface area contributed by atoms with Crippen LogP contribution < -0.4 is 5.32 Å². The van der Waals surface area contributed by atoms with Crippen molar-refractivity contribution in [1.29, 1.82) is 0 Å². The topological polar surface area (TPSA) is 24.9 Å². The van der Waals surface area contributed by atoms with Gasteiger partial charge >= 0.3 is 0 Å². The Kier molecular flexibility index (Phi) is 4.55. The standard InChI is InChI=1S/C15H24N2/c1-3-10-16-15(11-13-7-5-8-13)14-9-4-6-12(2)17-14/h4,6,9,13,15-16H,3,5,7-8,10-11H2,1-2H3. The Morgan fingerprint density at radius 3 is 2.82 bits per heavy atom. The second-order valence-corrected chi connectivity index (χ2v) is 5.24. The van der Waals surface area contributed by atoms with E-state index in [1.807, 2.05) is 0 Å². The molecule has 2 nitrogen and oxygen atoms in total. The van der Waals surface area contributed by atoms with E-state index < -0.39 is 0 Å². The number of rotatable bonds is 6. The third-order valence-corrected chi connectivity index (χ3v) is 3.70. The van der Waals surface area contributed by atoms with Crippen LogP contribution >= 0.6 is 0 Å². The number of hydrogen-bond acceptors (Lipinski definition) is 2. The third kappa shape index (κ3) is 3.53. The first-order valence-electron chi connectivity index (χ1n) is 6.96. The molecule has 1 aromatic rings. The molecule has 1 aliphatic rings. The summed E-state index contributed by atoms with van der Waals surface area (Å²) in [6.45, 7) is 5.38. The average molecular weight is 232 g/mol. The highest BCUT2D eigenvalue weighted by Crippen LogP contribution is 2.34. The molecule has 1 aromatic heterocycles. The molecule has 1 aliphatic carbocycles. The van der Waals surface area contributed by atoms with E-state index in [1.165, 1.54) is 37.8 Å². The largest absolute Gasteiger partial charge is 0.309 e. The molecule has 2 heteroatoms. The van der Waals surface area contributed by atoms with Crippen molar-refractivity contribution in [2.24, 2.45) is 5.92 Å². The van der Waals surface area contributed by atoms with E-state index in [1.54, 1.807) is 0 Å². The number of aromatic nitrogens is 1. The van der Waals surface area contributed by atoms with E-state index >= 15 is 0 Å². The summed E-state index contributed by atoms with van der Waals surface area (Å²) in [4.78, 5) is 4.68. The van der Waals surface area contributed by atoms with Crippen molar-refractivity contribution in [3.05, 3.63) is 29.6 Å². The van der Waals surface area contributed by atoms with Gasteiger partial charge in [0.2, 0.25) is 0 Å². The number of nitrogens with one attached hydrogen (secondary N) is 1. The van der Waals surface area contributed by atoms with Crippen LogP contribution in [0.1, 0.15) is 56.5 Å². The minimum atomic E-state index is 0.458. The Hall–Kier alpha value is -0.890. The van der Waals surface area contributed by atoms with Crippen LogP contribution in [0, 0.1) is 12.8 Å². The van der Waals surface area contributed by atoms with Gasteiger partial charge in [0, 0.05) is 11.7 Å². The molecule has 0 spiro atoms. The van der Waals surface area contributed by atoms with E-state index in [-0.39, 0.29) is 0 Å². The third-order valence-electron chi connectivity index (χ3n) is 3.70. The highest BCUT2D eigenvalue weighted by molar-refractivity contribution is 5.13. The smallest absolute Gasteiger partial charge is 0.0576 e. The van der Waals surface area contributed by atoms with Crippen molar-refractivity contribution in [3.63, 3.8) is 0 Å². The Bertz CT molecular complexity index is 345. The maximum absolute atomic E-state index is 4.68. The molecule has 17 heavy (non-hydrogen) atoms. The van der Waals surface area contributed by atoms with Gasteiger partial charge in [0.05, 0.1) is 5.69 Å². The van der Waals surface area contributed by atoms with Crippen LogP contribution in [0.5, 0.6) is 0 Å². The molecule has 94 valence electrons. The van der Waals surface area contributed by atoms with Crippen molar-refractivity contribution < 1.29 is 0 Å². The van der Waals surface area contributed by atoms with Gasteiger partial charge in [0.15, 0.2) is 0 Å². The van der Waals surface area contributed by atoms with Crippen molar-refractivity contribution in [2.75, 3.05) is 6.54 Å². The van der Waals surface area contributed by atoms with Gasteiger partial charge in [-0.25, -0.2) is 0 Å². The Labute approximate surface area is 105 Å². The van der Waals surface area contributed by atoms with Gasteiger partial charge in [-0.05, 0) is 44.4 Å². The first-order valence-corrected chi connectivity index (χ1v) is 6.96. The maximum atomic E-state index is 4.68. The first kappa shape index (κ1) is 12.6. The zero-order chi connectivity index (χ0) is 12.1. The zero-order valence-corrected chi connectivity index (χ0v) is 11.1. The number of pyridine rings is 1. The predicted octanol–water partition coefficient (Wildman–Crippen LogP) is 3.62. The van der Waals surface area contributed by atoms with Gasteiger partial charge in [-0.3, -0.25) is 4.98 Å². The normalized spacial score (nSPS) is 17.8. The van der Waals surface area contributed by atoms with Crippen LogP contribution in [0.3, 0.4) is 0 Å². The van der Waals surface area contributed by atoms with Crippen LogP contribution in [0.15, 0.2) is 18.2 Å². The molecule has 0 amide bonds. The average Bonchev–Trinajstić information content (AvgIpc) is 2.27. The maximum Gasteiger partial charge on any atom is 0.0576 e. The predicted molar refractivity (Wildman–Crippen MR) is 72.0 cm³/mol. The number of hydrogen-bond donors (Lipinski definition) is 1. The zero-order valence-electron chi connectivity index (χ0n) is 11.1. The van der Waals surface area contributed by atoms with E-state index in [0.717, 1.165) is 18.2 Å². The van der Waals surface area contributed by atoms with Gasteiger partial charge in [-0.15, -0.1) is 0 Å². The van der Waals surface area contributed by atoms with Gasteiger partial charge in [0.25, 0.3) is 0 Å². The summed E-state index contributed by atoms with van der Waals surface area (Å²) in [5, 5.41) is 3.65. The summed E-state index contributed by atoms with van der Waals surface area (Å²) >= 11 is 0. The minimum Gasteiger partial charge on any atom is -0.309 e. The van der Waals surface area contributed by atoms with Crippen LogP contribution in [0.4, 0.5) is 0 Å². The number of nitrogens with zero attached hydrogens (tertiary/aromatic N) is 1. The fourth-order valence-corrected chi connectivity index (χ4v) is 2.45. The molecule has 1 saturated carbocycles. The Balaban J connectivity index is 2.02. The van der Waals surface area contributed by atoms with E-state index in [2.05, 4.69) is 42.3 Å². The van der Waals surface area contributed by atoms with Crippen LogP contribution in [0.2, 0.25) is 0 Å². The van der Waals surface area contributed by atoms with Crippen LogP contribution in [-0.2, 0) is 0 Å². The van der Waals surface area contributed by atoms with E-state index in [0.29, 0.717) is 6.04 Å². The number of aryl methyl sites for hydroxylation is 1. The molecule has 1 unspecified atom stereocenters. The summed E-state index contributed by atoms with van der Waals surface area (Å²) in [6.07, 6.45) is 6.70. The molecule has 0 saturated heterocycles. The SMILES string of the molecule is CCCNC(CC1CCC1)c1cccc(C)n1. The molecule has 1 N–H and O–H groups in total. The Morgan fingerprint density at radius 1 is 1.41 bits per heavy atom. The summed E-state index contributed by atoms with van der Waals surface area (Å²) < 4.78 is 0. The van der Waals surface area contributed by atoms with Crippen LogP contribution in [-0.4, -0.2) is 11.5 Å². The summed E-state index contributed by atoms with van der Waals surface area (Å²) in [7, 11) is 0. The van der Waals surface area contributed by atoms with Crippen LogP contribution in [0.25, 0.3) is 0 Å². The van der Waals surface area contributed by atoms with Gasteiger partial charge in [0.1, 0.15) is 0 Å². The van der Waals surface area contributed by atoms with Gasteiger partial charge in [-0.2, -0.15) is 0 Å². The molecule has 2 rings (SSSR count). The second-order valence-electron chi connectivity index (χ2n) is 5.24. The highest BCUT2D eigenvalue weighted by atomic mass is 14.9. The molecule has 1 atom stereocenters. The first-order chi connectivity index (χ1) is 8.29. The summed E-state index contributed by atoms with van der Waals surface area (Å²) in [6, 6.07) is 6.82. The Morgan fingerprint density at radius 2 is 2.24 bits per heavy atom. The highest BCUT2D eigenvalue weighted by Gasteiger charge is 2.23. The molecular weight excluding hydrogens is 208 g/mol. The fraction of sp³-hybridized carbons (Fsp3) is 0.667. The summed E-state index contributed by atoms with van der Waals surface area (Å²) in [5.74, 6) is 0.923. The molecule has 1 heterocycles. The lowest BCUT2D eigenvalue weighted by molar-refractivity contribution is 0.259. The van der Waals surface area contributed by atoms with E-state index in [4.69, 9.17) is 0 Å². The quantitative estimate of drug-likeness (QED) is 0.810. The molecule has 1 fully saturated rings. The minimum absolute atomic E-state index is 0.458.